The van der Waals surface area contributed by atoms with Crippen molar-refractivity contribution >= 4 is 11.7 Å². The number of carbonyl (C=O) groups excluding carboxylic acids is 2. The largest absolute Gasteiger partial charge is 0.484 e. The molecule has 3 rings (SSSR count). The third-order valence-electron chi connectivity index (χ3n) is 4.80. The summed E-state index contributed by atoms with van der Waals surface area (Å²) in [6, 6.07) is 7.55. The molecule has 1 aromatic carbocycles. The zero-order valence-corrected chi connectivity index (χ0v) is 13.7. The average molecular weight is 316 g/mol. The fourth-order valence-electron chi connectivity index (χ4n) is 3.40. The van der Waals surface area contributed by atoms with Crippen LogP contribution in [0.4, 0.5) is 0 Å². The van der Waals surface area contributed by atoms with Crippen molar-refractivity contribution in [2.75, 3.05) is 32.8 Å². The second kappa shape index (κ2) is 7.13. The van der Waals surface area contributed by atoms with Crippen LogP contribution in [0.15, 0.2) is 24.3 Å². The highest BCUT2D eigenvalue weighted by Gasteiger charge is 2.32. The minimum atomic E-state index is 0.0465. The Kier molecular flexibility index (Phi) is 4.96. The van der Waals surface area contributed by atoms with E-state index >= 15 is 0 Å². The molecule has 2 aliphatic rings. The molecule has 1 aromatic rings. The number of nitrogens with zero attached hydrogens (tertiary/aromatic N) is 2. The van der Waals surface area contributed by atoms with Crippen LogP contribution in [0.5, 0.6) is 5.75 Å². The number of Topliss-reactive ketones (excluding diaryl/α,β-unsaturated/α-hetero) is 1. The van der Waals surface area contributed by atoms with Gasteiger partial charge in [-0.3, -0.25) is 14.5 Å². The maximum Gasteiger partial charge on any atom is 0.260 e. The molecule has 5 nitrogen and oxygen atoms in total. The molecule has 1 amide bonds. The quantitative estimate of drug-likeness (QED) is 0.779. The number of fused-ring (bicyclic) bond motifs is 1. The number of ether oxygens (including phenoxy) is 1. The minimum Gasteiger partial charge on any atom is -0.484 e. The first-order chi connectivity index (χ1) is 11.2. The molecule has 2 heterocycles. The van der Waals surface area contributed by atoms with Gasteiger partial charge in [-0.25, -0.2) is 0 Å². The third kappa shape index (κ3) is 3.72. The lowest BCUT2D eigenvalue weighted by molar-refractivity contribution is -0.135. The normalized spacial score (nSPS) is 21.1. The van der Waals surface area contributed by atoms with Gasteiger partial charge < -0.3 is 9.64 Å². The van der Waals surface area contributed by atoms with E-state index in [1.54, 1.807) is 24.3 Å². The standard InChI is InChI=1S/C18H24N2O3/c1-2-17(21)14-5-7-16(8-6-14)23-13-18(22)20-11-10-19-9-3-4-15(19)12-20/h5-8,15H,2-4,9-13H2,1H3/t15-/m0/s1. The Labute approximate surface area is 137 Å². The van der Waals surface area contributed by atoms with Crippen molar-refractivity contribution < 1.29 is 14.3 Å². The summed E-state index contributed by atoms with van der Waals surface area (Å²) >= 11 is 0. The first-order valence-corrected chi connectivity index (χ1v) is 8.45. The van der Waals surface area contributed by atoms with Gasteiger partial charge in [-0.2, -0.15) is 0 Å². The van der Waals surface area contributed by atoms with Crippen molar-refractivity contribution in [3.63, 3.8) is 0 Å². The zero-order valence-electron chi connectivity index (χ0n) is 13.7. The summed E-state index contributed by atoms with van der Waals surface area (Å²) < 4.78 is 5.58. The molecular formula is C18H24N2O3. The van der Waals surface area contributed by atoms with Gasteiger partial charge >= 0.3 is 0 Å². The van der Waals surface area contributed by atoms with Gasteiger partial charge in [0, 0.05) is 37.7 Å². The van der Waals surface area contributed by atoms with E-state index in [1.807, 2.05) is 11.8 Å². The van der Waals surface area contributed by atoms with E-state index in [9.17, 15) is 9.59 Å². The van der Waals surface area contributed by atoms with Gasteiger partial charge in [0.2, 0.25) is 0 Å². The van der Waals surface area contributed by atoms with Crippen LogP contribution in [-0.2, 0) is 4.79 Å². The second-order valence-corrected chi connectivity index (χ2v) is 6.26. The van der Waals surface area contributed by atoms with Crippen LogP contribution in [0, 0.1) is 0 Å². The lowest BCUT2D eigenvalue weighted by Gasteiger charge is -2.37. The fraction of sp³-hybridized carbons (Fsp3) is 0.556. The number of hydrogen-bond acceptors (Lipinski definition) is 4. The molecule has 2 saturated heterocycles. The molecule has 0 aromatic heterocycles. The van der Waals surface area contributed by atoms with Gasteiger partial charge in [-0.1, -0.05) is 6.92 Å². The number of benzene rings is 1. The Morgan fingerprint density at radius 3 is 2.70 bits per heavy atom. The molecule has 0 saturated carbocycles. The number of ketones is 1. The Morgan fingerprint density at radius 1 is 1.17 bits per heavy atom. The molecule has 0 spiro atoms. The summed E-state index contributed by atoms with van der Waals surface area (Å²) in [5.41, 5.74) is 0.684. The highest BCUT2D eigenvalue weighted by atomic mass is 16.5. The molecule has 1 atom stereocenters. The van der Waals surface area contributed by atoms with Crippen LogP contribution in [0.25, 0.3) is 0 Å². The van der Waals surface area contributed by atoms with Crippen LogP contribution in [0.1, 0.15) is 36.5 Å². The first kappa shape index (κ1) is 16.0. The maximum atomic E-state index is 12.3. The molecule has 124 valence electrons. The SMILES string of the molecule is CCC(=O)c1ccc(OCC(=O)N2CCN3CCC[C@H]3C2)cc1. The molecule has 0 bridgehead atoms. The van der Waals surface area contributed by atoms with Gasteiger partial charge in [-0.05, 0) is 43.7 Å². The summed E-state index contributed by atoms with van der Waals surface area (Å²) in [6.45, 7) is 5.67. The van der Waals surface area contributed by atoms with E-state index in [1.165, 1.54) is 19.4 Å². The molecule has 0 N–H and O–H groups in total. The Balaban J connectivity index is 1.50. The van der Waals surface area contributed by atoms with Crippen molar-refractivity contribution in [1.29, 1.82) is 0 Å². The third-order valence-corrected chi connectivity index (χ3v) is 4.80. The molecule has 2 fully saturated rings. The minimum absolute atomic E-state index is 0.0465. The van der Waals surface area contributed by atoms with Gasteiger partial charge in [0.15, 0.2) is 12.4 Å². The average Bonchev–Trinajstić information content (AvgIpc) is 3.07. The summed E-state index contributed by atoms with van der Waals surface area (Å²) in [5.74, 6) is 0.790. The number of hydrogen-bond donors (Lipinski definition) is 0. The monoisotopic (exact) mass is 316 g/mol. The van der Waals surface area contributed by atoms with Crippen LogP contribution >= 0.6 is 0 Å². The van der Waals surface area contributed by atoms with Crippen LogP contribution in [-0.4, -0.2) is 60.3 Å². The van der Waals surface area contributed by atoms with Crippen LogP contribution < -0.4 is 4.74 Å². The molecule has 0 radical (unpaired) electrons. The van der Waals surface area contributed by atoms with Gasteiger partial charge in [-0.15, -0.1) is 0 Å². The number of amides is 1. The number of carbonyl (C=O) groups is 2. The summed E-state index contributed by atoms with van der Waals surface area (Å²) in [5, 5.41) is 0. The van der Waals surface area contributed by atoms with E-state index in [4.69, 9.17) is 4.74 Å². The Bertz CT molecular complexity index is 570. The molecular weight excluding hydrogens is 292 g/mol. The predicted octanol–water partition coefficient (Wildman–Crippen LogP) is 1.96. The van der Waals surface area contributed by atoms with E-state index in [0.717, 1.165) is 19.6 Å². The zero-order chi connectivity index (χ0) is 16.2. The molecule has 2 aliphatic heterocycles. The van der Waals surface area contributed by atoms with Gasteiger partial charge in [0.05, 0.1) is 0 Å². The summed E-state index contributed by atoms with van der Waals surface area (Å²) in [7, 11) is 0. The van der Waals surface area contributed by atoms with E-state index in [0.29, 0.717) is 23.8 Å². The van der Waals surface area contributed by atoms with Crippen LogP contribution in [0.2, 0.25) is 0 Å². The van der Waals surface area contributed by atoms with Crippen LogP contribution in [0.3, 0.4) is 0 Å². The van der Waals surface area contributed by atoms with Crippen molar-refractivity contribution in [3.8, 4) is 5.75 Å². The maximum absolute atomic E-state index is 12.3. The second-order valence-electron chi connectivity index (χ2n) is 6.26. The highest BCUT2D eigenvalue weighted by molar-refractivity contribution is 5.95. The molecule has 23 heavy (non-hydrogen) atoms. The Morgan fingerprint density at radius 2 is 1.96 bits per heavy atom. The van der Waals surface area contributed by atoms with E-state index in [2.05, 4.69) is 4.90 Å². The van der Waals surface area contributed by atoms with E-state index in [-0.39, 0.29) is 18.3 Å². The molecule has 0 aliphatic carbocycles. The lowest BCUT2D eigenvalue weighted by atomic mass is 10.1. The van der Waals surface area contributed by atoms with Crippen molar-refractivity contribution in [2.45, 2.75) is 32.2 Å². The van der Waals surface area contributed by atoms with Crippen molar-refractivity contribution in [2.24, 2.45) is 0 Å². The first-order valence-electron chi connectivity index (χ1n) is 8.45. The molecule has 5 heteroatoms. The Hall–Kier alpha value is -1.88. The van der Waals surface area contributed by atoms with Crippen molar-refractivity contribution in [1.82, 2.24) is 9.80 Å². The fourth-order valence-corrected chi connectivity index (χ4v) is 3.40. The highest BCUT2D eigenvalue weighted by Crippen LogP contribution is 2.21. The van der Waals surface area contributed by atoms with E-state index < -0.39 is 0 Å². The smallest absolute Gasteiger partial charge is 0.260 e. The van der Waals surface area contributed by atoms with Gasteiger partial charge in [0.25, 0.3) is 5.91 Å². The number of piperazine rings is 1. The topological polar surface area (TPSA) is 49.9 Å². The predicted molar refractivity (Wildman–Crippen MR) is 87.7 cm³/mol. The lowest BCUT2D eigenvalue weighted by Crippen LogP contribution is -2.53. The molecule has 0 unspecified atom stereocenters. The summed E-state index contributed by atoms with van der Waals surface area (Å²) in [6.07, 6.45) is 2.93. The van der Waals surface area contributed by atoms with Gasteiger partial charge in [0.1, 0.15) is 5.75 Å². The van der Waals surface area contributed by atoms with Crippen molar-refractivity contribution in [3.05, 3.63) is 29.8 Å². The number of rotatable bonds is 5. The summed E-state index contributed by atoms with van der Waals surface area (Å²) in [4.78, 5) is 28.3.